The fraction of sp³-hybridized carbons (Fsp3) is 0.875. The molecule has 0 spiro atoms. The third kappa shape index (κ3) is 3.04. The van der Waals surface area contributed by atoms with Gasteiger partial charge in [0.25, 0.3) is 0 Å². The molecule has 0 saturated carbocycles. The summed E-state index contributed by atoms with van der Waals surface area (Å²) in [7, 11) is 0. The van der Waals surface area contributed by atoms with Crippen molar-refractivity contribution in [2.75, 3.05) is 25.8 Å². The predicted octanol–water partition coefficient (Wildman–Crippen LogP) is 1.02. The molecule has 1 saturated heterocycles. The molecular formula is C8H14ClNO3. The van der Waals surface area contributed by atoms with Crippen molar-refractivity contribution in [3.05, 3.63) is 0 Å². The number of carbonyl (C=O) groups excluding carboxylic acids is 1. The maximum absolute atomic E-state index is 11.2. The zero-order valence-corrected chi connectivity index (χ0v) is 8.16. The quantitative estimate of drug-likeness (QED) is 0.688. The molecular weight excluding hydrogens is 194 g/mol. The van der Waals surface area contributed by atoms with Crippen molar-refractivity contribution >= 4 is 17.7 Å². The highest BCUT2D eigenvalue weighted by Crippen LogP contribution is 2.16. The Labute approximate surface area is 82.4 Å². The molecule has 0 aliphatic carbocycles. The van der Waals surface area contributed by atoms with Gasteiger partial charge in [0.1, 0.15) is 0 Å². The average molecular weight is 208 g/mol. The fourth-order valence-corrected chi connectivity index (χ4v) is 1.61. The molecule has 1 atom stereocenters. The lowest BCUT2D eigenvalue weighted by molar-refractivity contribution is 0.0831. The number of piperidine rings is 1. The minimum Gasteiger partial charge on any atom is -0.433 e. The zero-order valence-electron chi connectivity index (χ0n) is 7.41. The van der Waals surface area contributed by atoms with Crippen molar-refractivity contribution in [2.24, 2.45) is 5.92 Å². The van der Waals surface area contributed by atoms with Crippen molar-refractivity contribution in [3.63, 3.8) is 0 Å². The molecule has 1 N–H and O–H groups in total. The number of hydrogen-bond acceptors (Lipinski definition) is 3. The van der Waals surface area contributed by atoms with E-state index in [0.717, 1.165) is 12.8 Å². The highest BCUT2D eigenvalue weighted by molar-refractivity contribution is 6.17. The van der Waals surface area contributed by atoms with E-state index in [-0.39, 0.29) is 24.7 Å². The van der Waals surface area contributed by atoms with E-state index >= 15 is 0 Å². The van der Waals surface area contributed by atoms with Gasteiger partial charge in [-0.05, 0) is 18.8 Å². The molecule has 1 unspecified atom stereocenters. The van der Waals surface area contributed by atoms with Crippen LogP contribution in [0.4, 0.5) is 4.79 Å². The minimum absolute atomic E-state index is 0.112. The first-order chi connectivity index (χ1) is 6.27. The number of likely N-dealkylation sites (tertiary alicyclic amines) is 1. The molecule has 0 aromatic rings. The van der Waals surface area contributed by atoms with Crippen molar-refractivity contribution in [1.29, 1.82) is 0 Å². The topological polar surface area (TPSA) is 49.8 Å². The first kappa shape index (κ1) is 10.6. The summed E-state index contributed by atoms with van der Waals surface area (Å²) in [6.45, 7) is 1.41. The lowest BCUT2D eigenvalue weighted by Gasteiger charge is -2.30. The highest BCUT2D eigenvalue weighted by Gasteiger charge is 2.23. The summed E-state index contributed by atoms with van der Waals surface area (Å²) in [4.78, 5) is 12.8. The van der Waals surface area contributed by atoms with E-state index in [0.29, 0.717) is 13.1 Å². The van der Waals surface area contributed by atoms with Crippen LogP contribution in [0.2, 0.25) is 0 Å². The number of rotatable bonds is 2. The smallest absolute Gasteiger partial charge is 0.410 e. The van der Waals surface area contributed by atoms with Gasteiger partial charge in [-0.1, -0.05) is 11.6 Å². The normalized spacial score (nSPS) is 22.9. The van der Waals surface area contributed by atoms with Crippen molar-refractivity contribution in [3.8, 4) is 0 Å². The molecule has 1 aliphatic heterocycles. The van der Waals surface area contributed by atoms with Crippen LogP contribution < -0.4 is 0 Å². The number of nitrogens with zero attached hydrogens (tertiary/aromatic N) is 1. The maximum atomic E-state index is 11.2. The van der Waals surface area contributed by atoms with E-state index in [2.05, 4.69) is 4.74 Å². The molecule has 0 aromatic heterocycles. The molecule has 1 fully saturated rings. The molecule has 1 heterocycles. The monoisotopic (exact) mass is 207 g/mol. The van der Waals surface area contributed by atoms with E-state index in [1.807, 2.05) is 0 Å². The summed E-state index contributed by atoms with van der Waals surface area (Å²) in [5.41, 5.74) is 0. The summed E-state index contributed by atoms with van der Waals surface area (Å²) in [5, 5.41) is 8.92. The van der Waals surface area contributed by atoms with E-state index in [9.17, 15) is 4.79 Å². The van der Waals surface area contributed by atoms with E-state index < -0.39 is 0 Å². The number of aliphatic hydroxyl groups excluding tert-OH is 1. The van der Waals surface area contributed by atoms with Crippen molar-refractivity contribution < 1.29 is 14.6 Å². The lowest BCUT2D eigenvalue weighted by atomic mass is 10.00. The van der Waals surface area contributed by atoms with Gasteiger partial charge in [-0.2, -0.15) is 0 Å². The minimum atomic E-state index is -0.381. The molecule has 0 aromatic carbocycles. The average Bonchev–Trinajstić information content (AvgIpc) is 2.18. The summed E-state index contributed by atoms with van der Waals surface area (Å²) in [6, 6.07) is -0.112. The molecule has 13 heavy (non-hydrogen) atoms. The molecule has 1 aliphatic rings. The first-order valence-corrected chi connectivity index (χ1v) is 4.90. The molecule has 1 rings (SSSR count). The Kier molecular flexibility index (Phi) is 4.32. The Morgan fingerprint density at radius 2 is 2.46 bits per heavy atom. The Balaban J connectivity index is 2.37. The van der Waals surface area contributed by atoms with Crippen LogP contribution in [0, 0.1) is 5.92 Å². The third-order valence-corrected chi connectivity index (χ3v) is 2.32. The van der Waals surface area contributed by atoms with Crippen LogP contribution in [-0.4, -0.2) is 41.9 Å². The van der Waals surface area contributed by atoms with E-state index in [1.54, 1.807) is 4.90 Å². The number of halogens is 1. The fourth-order valence-electron chi connectivity index (χ4n) is 1.52. The summed E-state index contributed by atoms with van der Waals surface area (Å²) < 4.78 is 4.64. The molecule has 1 amide bonds. The van der Waals surface area contributed by atoms with Crippen LogP contribution in [0.5, 0.6) is 0 Å². The standard InChI is InChI=1S/C8H14ClNO3/c9-6-13-8(12)10-3-1-2-7(4-10)5-11/h7,11H,1-6H2. The van der Waals surface area contributed by atoms with Gasteiger partial charge in [0.05, 0.1) is 0 Å². The Hall–Kier alpha value is -0.480. The number of aliphatic hydroxyl groups is 1. The summed E-state index contributed by atoms with van der Waals surface area (Å²) >= 11 is 5.27. The lowest BCUT2D eigenvalue weighted by Crippen LogP contribution is -2.41. The largest absolute Gasteiger partial charge is 0.433 e. The third-order valence-electron chi connectivity index (χ3n) is 2.21. The van der Waals surface area contributed by atoms with Crippen LogP contribution >= 0.6 is 11.6 Å². The van der Waals surface area contributed by atoms with Crippen molar-refractivity contribution in [1.82, 2.24) is 4.90 Å². The molecule has 76 valence electrons. The molecule has 0 bridgehead atoms. The number of alkyl halides is 1. The van der Waals surface area contributed by atoms with E-state index in [1.165, 1.54) is 0 Å². The van der Waals surface area contributed by atoms with Gasteiger partial charge in [0.2, 0.25) is 0 Å². The van der Waals surface area contributed by atoms with Gasteiger partial charge >= 0.3 is 6.09 Å². The second-order valence-electron chi connectivity index (χ2n) is 3.16. The second kappa shape index (κ2) is 5.29. The van der Waals surface area contributed by atoms with Gasteiger partial charge in [0, 0.05) is 19.7 Å². The van der Waals surface area contributed by atoms with Gasteiger partial charge in [-0.15, -0.1) is 0 Å². The van der Waals surface area contributed by atoms with Crippen LogP contribution in [0.3, 0.4) is 0 Å². The van der Waals surface area contributed by atoms with Gasteiger partial charge < -0.3 is 14.7 Å². The van der Waals surface area contributed by atoms with Gasteiger partial charge in [-0.25, -0.2) is 4.79 Å². The summed E-state index contributed by atoms with van der Waals surface area (Å²) in [5.74, 6) is 0.191. The summed E-state index contributed by atoms with van der Waals surface area (Å²) in [6.07, 6.45) is 1.51. The predicted molar refractivity (Wildman–Crippen MR) is 48.6 cm³/mol. The van der Waals surface area contributed by atoms with Crippen molar-refractivity contribution in [2.45, 2.75) is 12.8 Å². The Morgan fingerprint density at radius 3 is 3.08 bits per heavy atom. The number of ether oxygens (including phenoxy) is 1. The Morgan fingerprint density at radius 1 is 1.69 bits per heavy atom. The number of hydrogen-bond donors (Lipinski definition) is 1. The Bertz CT molecular complexity index is 177. The maximum Gasteiger partial charge on any atom is 0.410 e. The zero-order chi connectivity index (χ0) is 9.68. The first-order valence-electron chi connectivity index (χ1n) is 4.36. The van der Waals surface area contributed by atoms with Gasteiger partial charge in [-0.3, -0.25) is 0 Å². The van der Waals surface area contributed by atoms with Crippen LogP contribution in [-0.2, 0) is 4.74 Å². The molecule has 4 nitrogen and oxygen atoms in total. The molecule has 5 heteroatoms. The van der Waals surface area contributed by atoms with E-state index in [4.69, 9.17) is 16.7 Å². The van der Waals surface area contributed by atoms with Crippen LogP contribution in [0.1, 0.15) is 12.8 Å². The highest BCUT2D eigenvalue weighted by atomic mass is 35.5. The SMILES string of the molecule is O=C(OCCl)N1CCCC(CO)C1. The van der Waals surface area contributed by atoms with Gasteiger partial charge in [0.15, 0.2) is 6.07 Å². The number of amides is 1. The van der Waals surface area contributed by atoms with Crippen LogP contribution in [0.25, 0.3) is 0 Å². The molecule has 0 radical (unpaired) electrons. The number of carbonyl (C=O) groups is 1. The second-order valence-corrected chi connectivity index (χ2v) is 3.37. The van der Waals surface area contributed by atoms with Crippen LogP contribution in [0.15, 0.2) is 0 Å².